The lowest BCUT2D eigenvalue weighted by molar-refractivity contribution is -0.120. The second-order valence-electron chi connectivity index (χ2n) is 7.80. The van der Waals surface area contributed by atoms with Gasteiger partial charge in [0.25, 0.3) is 0 Å². The van der Waals surface area contributed by atoms with Gasteiger partial charge in [-0.25, -0.2) is 0 Å². The Kier molecular flexibility index (Phi) is 5.73. The Morgan fingerprint density at radius 3 is 2.67 bits per heavy atom. The van der Waals surface area contributed by atoms with Gasteiger partial charge in [-0.3, -0.25) is 4.79 Å². The van der Waals surface area contributed by atoms with Crippen LogP contribution in [-0.4, -0.2) is 35.9 Å². The molecule has 0 unspecified atom stereocenters. The SMILES string of the molecule is CN1CC[C@@]2(c3cccc(O)c3)CC(=O)C(=Cc3ccccc3)C[C@@H]2C1.Cl. The topological polar surface area (TPSA) is 40.5 Å². The summed E-state index contributed by atoms with van der Waals surface area (Å²) < 4.78 is 0. The Labute approximate surface area is 167 Å². The van der Waals surface area contributed by atoms with Crippen LogP contribution in [0.5, 0.6) is 5.75 Å². The van der Waals surface area contributed by atoms with Crippen molar-refractivity contribution in [3.8, 4) is 5.75 Å². The second-order valence-corrected chi connectivity index (χ2v) is 7.80. The highest BCUT2D eigenvalue weighted by Gasteiger charge is 2.48. The third kappa shape index (κ3) is 3.80. The van der Waals surface area contributed by atoms with Crippen LogP contribution < -0.4 is 0 Å². The van der Waals surface area contributed by atoms with Crippen LogP contribution in [-0.2, 0) is 10.2 Å². The molecule has 3 nitrogen and oxygen atoms in total. The van der Waals surface area contributed by atoms with Gasteiger partial charge in [0.15, 0.2) is 5.78 Å². The van der Waals surface area contributed by atoms with Crippen LogP contribution in [0.2, 0.25) is 0 Å². The van der Waals surface area contributed by atoms with Crippen molar-refractivity contribution in [2.24, 2.45) is 5.92 Å². The fourth-order valence-corrected chi connectivity index (χ4v) is 4.70. The van der Waals surface area contributed by atoms with Gasteiger partial charge in [0, 0.05) is 18.4 Å². The normalized spacial score (nSPS) is 27.1. The van der Waals surface area contributed by atoms with Crippen molar-refractivity contribution in [1.82, 2.24) is 4.90 Å². The van der Waals surface area contributed by atoms with Gasteiger partial charge < -0.3 is 10.0 Å². The Morgan fingerprint density at radius 2 is 1.93 bits per heavy atom. The maximum atomic E-state index is 13.1. The van der Waals surface area contributed by atoms with E-state index in [1.807, 2.05) is 42.5 Å². The first kappa shape index (κ1) is 19.7. The molecule has 1 aliphatic carbocycles. The molecule has 0 amide bonds. The number of halogens is 1. The summed E-state index contributed by atoms with van der Waals surface area (Å²) in [6.07, 6.45) is 4.35. The Morgan fingerprint density at radius 1 is 1.15 bits per heavy atom. The van der Waals surface area contributed by atoms with Crippen LogP contribution in [0.3, 0.4) is 0 Å². The molecule has 4 heteroatoms. The van der Waals surface area contributed by atoms with Gasteiger partial charge in [0.1, 0.15) is 5.75 Å². The number of benzene rings is 2. The van der Waals surface area contributed by atoms with E-state index in [-0.39, 0.29) is 29.4 Å². The lowest BCUT2D eigenvalue weighted by atomic mass is 9.58. The number of hydrogen-bond acceptors (Lipinski definition) is 3. The molecule has 1 N–H and O–H groups in total. The van der Waals surface area contributed by atoms with Crippen LogP contribution >= 0.6 is 12.4 Å². The highest BCUT2D eigenvalue weighted by molar-refractivity contribution is 6.01. The summed E-state index contributed by atoms with van der Waals surface area (Å²) in [5.74, 6) is 0.918. The van der Waals surface area contributed by atoms with Gasteiger partial charge in [-0.05, 0) is 67.3 Å². The minimum absolute atomic E-state index is 0. The third-order valence-corrected chi connectivity index (χ3v) is 6.12. The van der Waals surface area contributed by atoms with Crippen LogP contribution in [0, 0.1) is 5.92 Å². The molecule has 0 bridgehead atoms. The number of aromatic hydroxyl groups is 1. The van der Waals surface area contributed by atoms with Gasteiger partial charge in [-0.15, -0.1) is 12.4 Å². The second kappa shape index (κ2) is 7.87. The summed E-state index contributed by atoms with van der Waals surface area (Å²) in [4.78, 5) is 15.4. The number of Topliss-reactive ketones (excluding diaryl/α,β-unsaturated/α-hetero) is 1. The average Bonchev–Trinajstić information content (AvgIpc) is 2.64. The number of allylic oxidation sites excluding steroid dienone is 1. The fourth-order valence-electron chi connectivity index (χ4n) is 4.70. The van der Waals surface area contributed by atoms with Crippen LogP contribution in [0.25, 0.3) is 6.08 Å². The number of carbonyl (C=O) groups is 1. The van der Waals surface area contributed by atoms with Gasteiger partial charge in [-0.2, -0.15) is 0 Å². The molecule has 2 aromatic rings. The van der Waals surface area contributed by atoms with E-state index >= 15 is 0 Å². The fraction of sp³-hybridized carbons (Fsp3) is 0.348. The van der Waals surface area contributed by atoms with E-state index in [9.17, 15) is 9.90 Å². The molecule has 2 fully saturated rings. The standard InChI is InChI=1S/C23H25NO2.ClH/c1-24-11-10-23(19-8-5-9-21(25)14-19)15-22(26)18(13-20(23)16-24)12-17-6-3-2-4-7-17;/h2-9,12,14,20,25H,10-11,13,15-16H2,1H3;1H/t20-,23+;/m1./s1. The van der Waals surface area contributed by atoms with E-state index in [2.05, 4.69) is 24.1 Å². The quantitative estimate of drug-likeness (QED) is 0.779. The molecule has 4 rings (SSSR count). The zero-order valence-corrected chi connectivity index (χ0v) is 16.4. The number of nitrogens with zero attached hydrogens (tertiary/aromatic N) is 1. The number of fused-ring (bicyclic) bond motifs is 1. The van der Waals surface area contributed by atoms with Crippen molar-refractivity contribution in [2.45, 2.75) is 24.7 Å². The minimum Gasteiger partial charge on any atom is -0.508 e. The predicted molar refractivity (Wildman–Crippen MR) is 111 cm³/mol. The number of carbonyl (C=O) groups excluding carboxylic acids is 1. The number of phenols is 1. The molecule has 1 saturated heterocycles. The summed E-state index contributed by atoms with van der Waals surface area (Å²) in [5.41, 5.74) is 2.98. The monoisotopic (exact) mass is 383 g/mol. The number of piperidine rings is 1. The Hall–Kier alpha value is -2.10. The van der Waals surface area contributed by atoms with E-state index in [1.54, 1.807) is 6.07 Å². The first-order valence-electron chi connectivity index (χ1n) is 9.34. The predicted octanol–water partition coefficient (Wildman–Crippen LogP) is 4.45. The van der Waals surface area contributed by atoms with E-state index < -0.39 is 0 Å². The Bertz CT molecular complexity index is 848. The number of hydrogen-bond donors (Lipinski definition) is 1. The van der Waals surface area contributed by atoms with Gasteiger partial charge in [0.05, 0.1) is 0 Å². The molecule has 1 saturated carbocycles. The van der Waals surface area contributed by atoms with Crippen molar-refractivity contribution in [3.05, 3.63) is 71.3 Å². The molecule has 2 aromatic carbocycles. The van der Waals surface area contributed by atoms with Gasteiger partial charge >= 0.3 is 0 Å². The van der Waals surface area contributed by atoms with Gasteiger partial charge in [-0.1, -0.05) is 42.5 Å². The van der Waals surface area contributed by atoms with Crippen LogP contribution in [0.4, 0.5) is 0 Å². The smallest absolute Gasteiger partial charge is 0.159 e. The molecular weight excluding hydrogens is 358 g/mol. The van der Waals surface area contributed by atoms with Crippen LogP contribution in [0.15, 0.2) is 60.2 Å². The van der Waals surface area contributed by atoms with E-state index in [4.69, 9.17) is 0 Å². The molecular formula is C23H26ClNO2. The Balaban J connectivity index is 0.00000210. The zero-order valence-electron chi connectivity index (χ0n) is 15.6. The lowest BCUT2D eigenvalue weighted by Gasteiger charge is -2.50. The zero-order chi connectivity index (χ0) is 18.1. The summed E-state index contributed by atoms with van der Waals surface area (Å²) in [6.45, 7) is 1.96. The van der Waals surface area contributed by atoms with Crippen molar-refractivity contribution in [3.63, 3.8) is 0 Å². The molecule has 0 spiro atoms. The van der Waals surface area contributed by atoms with Crippen molar-refractivity contribution in [1.29, 1.82) is 0 Å². The molecule has 0 aromatic heterocycles. The highest BCUT2D eigenvalue weighted by atomic mass is 35.5. The third-order valence-electron chi connectivity index (χ3n) is 6.12. The van der Waals surface area contributed by atoms with E-state index in [0.29, 0.717) is 12.3 Å². The number of rotatable bonds is 2. The summed E-state index contributed by atoms with van der Waals surface area (Å²) >= 11 is 0. The number of likely N-dealkylation sites (tertiary alicyclic amines) is 1. The summed E-state index contributed by atoms with van der Waals surface area (Å²) in [5, 5.41) is 9.99. The molecule has 2 aliphatic rings. The molecule has 1 aliphatic heterocycles. The molecule has 142 valence electrons. The highest BCUT2D eigenvalue weighted by Crippen LogP contribution is 2.49. The summed E-state index contributed by atoms with van der Waals surface area (Å²) in [6, 6.07) is 17.6. The van der Waals surface area contributed by atoms with Crippen molar-refractivity contribution >= 4 is 24.3 Å². The van der Waals surface area contributed by atoms with E-state index in [1.165, 1.54) is 0 Å². The first-order chi connectivity index (χ1) is 12.6. The maximum Gasteiger partial charge on any atom is 0.159 e. The average molecular weight is 384 g/mol. The molecule has 27 heavy (non-hydrogen) atoms. The van der Waals surface area contributed by atoms with Gasteiger partial charge in [0.2, 0.25) is 0 Å². The lowest BCUT2D eigenvalue weighted by Crippen LogP contribution is -2.52. The first-order valence-corrected chi connectivity index (χ1v) is 9.34. The van der Waals surface area contributed by atoms with Crippen molar-refractivity contribution in [2.75, 3.05) is 20.1 Å². The number of phenolic OH excluding ortho intramolecular Hbond substituents is 1. The minimum atomic E-state index is -0.156. The number of ketones is 1. The van der Waals surface area contributed by atoms with Crippen LogP contribution in [0.1, 0.15) is 30.4 Å². The largest absolute Gasteiger partial charge is 0.508 e. The summed E-state index contributed by atoms with van der Waals surface area (Å²) in [7, 11) is 2.16. The maximum absolute atomic E-state index is 13.1. The molecule has 0 radical (unpaired) electrons. The van der Waals surface area contributed by atoms with Crippen molar-refractivity contribution < 1.29 is 9.90 Å². The molecule has 2 atom stereocenters. The molecule has 1 heterocycles. The van der Waals surface area contributed by atoms with E-state index in [0.717, 1.165) is 42.6 Å².